The van der Waals surface area contributed by atoms with Gasteiger partial charge in [-0.15, -0.1) is 0 Å². The van der Waals surface area contributed by atoms with Crippen LogP contribution in [0.2, 0.25) is 0 Å². The highest BCUT2D eigenvalue weighted by Gasteiger charge is 2.21. The van der Waals surface area contributed by atoms with Crippen LogP contribution in [0.3, 0.4) is 0 Å². The maximum atomic E-state index is 11.5. The summed E-state index contributed by atoms with van der Waals surface area (Å²) in [4.78, 5) is 32.6. The standard InChI is InChI=1S/C22H25N9O2/c1-30(2)12-17(13-6-4-3-5-7-13)25-20-27-18-14(10-16-19(32)28-22(33)26-16)11-23-31(18)21(29-20)24-15-8-9-15/h3-7,10-11,15,17,32H,8-9,12H2,1-2H3,(H,24,25,29)(H2,26,28,33). The number of hydrogen-bond acceptors (Lipinski definition) is 8. The molecule has 1 unspecified atom stereocenters. The summed E-state index contributed by atoms with van der Waals surface area (Å²) < 4.78 is 1.58. The van der Waals surface area contributed by atoms with Gasteiger partial charge in [-0.3, -0.25) is 4.98 Å². The van der Waals surface area contributed by atoms with E-state index in [1.54, 1.807) is 16.8 Å². The lowest BCUT2D eigenvalue weighted by atomic mass is 10.1. The fourth-order valence-electron chi connectivity index (χ4n) is 3.59. The molecule has 0 radical (unpaired) electrons. The second-order valence-corrected chi connectivity index (χ2v) is 8.40. The number of rotatable bonds is 7. The number of aromatic hydroxyl groups is 1. The highest BCUT2D eigenvalue weighted by atomic mass is 16.3. The number of benzene rings is 1. The minimum atomic E-state index is -0.494. The van der Waals surface area contributed by atoms with Crippen LogP contribution in [0.15, 0.2) is 46.3 Å². The minimum Gasteiger partial charge on any atom is -0.493 e. The van der Waals surface area contributed by atoms with Crippen LogP contribution in [0.1, 0.15) is 30.1 Å². The molecule has 3 heterocycles. The topological polar surface area (TPSA) is 140 Å². The predicted octanol–water partition coefficient (Wildman–Crippen LogP) is 0.172. The summed E-state index contributed by atoms with van der Waals surface area (Å²) in [5.41, 5.74) is 1.85. The molecule has 3 aromatic heterocycles. The fraction of sp³-hybridized carbons (Fsp3) is 0.318. The molecule has 1 saturated carbocycles. The van der Waals surface area contributed by atoms with E-state index in [1.165, 1.54) is 0 Å². The average molecular weight is 448 g/mol. The molecule has 4 N–H and O–H groups in total. The molecule has 33 heavy (non-hydrogen) atoms. The lowest BCUT2D eigenvalue weighted by Gasteiger charge is -2.22. The Kier molecular flexibility index (Phi) is 5.38. The first-order chi connectivity index (χ1) is 16.0. The van der Waals surface area contributed by atoms with E-state index in [1.807, 2.05) is 32.3 Å². The Morgan fingerprint density at radius 1 is 1.27 bits per heavy atom. The quantitative estimate of drug-likeness (QED) is 0.317. The molecule has 4 aromatic rings. The van der Waals surface area contributed by atoms with Crippen molar-refractivity contribution in [3.05, 3.63) is 69.1 Å². The van der Waals surface area contributed by atoms with E-state index in [0.29, 0.717) is 22.4 Å². The second kappa shape index (κ2) is 8.51. The van der Waals surface area contributed by atoms with Gasteiger partial charge in [-0.05, 0) is 38.6 Å². The predicted molar refractivity (Wildman–Crippen MR) is 123 cm³/mol. The molecule has 1 atom stereocenters. The molecule has 1 aliphatic rings. The summed E-state index contributed by atoms with van der Waals surface area (Å²) in [6.07, 6.45) is 5.28. The Labute approximate surface area is 188 Å². The van der Waals surface area contributed by atoms with E-state index in [9.17, 15) is 9.90 Å². The van der Waals surface area contributed by atoms with Crippen LogP contribution in [0, 0.1) is 0 Å². The van der Waals surface area contributed by atoms with E-state index < -0.39 is 5.69 Å². The van der Waals surface area contributed by atoms with Crippen molar-refractivity contribution in [1.82, 2.24) is 34.4 Å². The number of hydrogen-bond donors (Lipinski definition) is 4. The molecule has 0 bridgehead atoms. The average Bonchev–Trinajstić information content (AvgIpc) is 3.42. The zero-order chi connectivity index (χ0) is 22.9. The Bertz CT molecular complexity index is 1450. The molecule has 170 valence electrons. The van der Waals surface area contributed by atoms with E-state index in [2.05, 4.69) is 42.4 Å². The van der Waals surface area contributed by atoms with Gasteiger partial charge < -0.3 is 20.3 Å². The van der Waals surface area contributed by atoms with Crippen molar-refractivity contribution in [1.29, 1.82) is 0 Å². The normalized spacial score (nSPS) is 16.1. The number of aromatic nitrogens is 6. The van der Waals surface area contributed by atoms with Crippen LogP contribution in [0.5, 0.6) is 5.88 Å². The first-order valence-corrected chi connectivity index (χ1v) is 10.7. The zero-order valence-electron chi connectivity index (χ0n) is 18.4. The maximum Gasteiger partial charge on any atom is 0.326 e. The van der Waals surface area contributed by atoms with Gasteiger partial charge in [0.25, 0.3) is 5.62 Å². The molecule has 5 rings (SSSR count). The highest BCUT2D eigenvalue weighted by Crippen LogP contribution is 2.22. The van der Waals surface area contributed by atoms with Crippen LogP contribution in [0.25, 0.3) is 11.7 Å². The third kappa shape index (κ3) is 4.62. The number of fused-ring (bicyclic) bond motifs is 1. The van der Waals surface area contributed by atoms with Crippen LogP contribution in [-0.2, 0) is 0 Å². The Hall–Kier alpha value is -3.99. The number of imidazole rings is 1. The van der Waals surface area contributed by atoms with Gasteiger partial charge >= 0.3 is 5.69 Å². The summed E-state index contributed by atoms with van der Waals surface area (Å²) in [5, 5.41) is 18.4. The van der Waals surface area contributed by atoms with Gasteiger partial charge in [0, 0.05) is 11.8 Å². The van der Waals surface area contributed by atoms with Gasteiger partial charge in [0.2, 0.25) is 11.8 Å². The van der Waals surface area contributed by atoms with Gasteiger partial charge in [0.05, 0.1) is 18.3 Å². The number of anilines is 1. The van der Waals surface area contributed by atoms with Crippen LogP contribution in [-0.4, -0.2) is 66.2 Å². The number of aromatic amines is 2. The minimum absolute atomic E-state index is 0.0437. The monoisotopic (exact) mass is 447 g/mol. The molecule has 0 aliphatic heterocycles. The molecule has 1 fully saturated rings. The van der Waals surface area contributed by atoms with Gasteiger partial charge in [0.15, 0.2) is 5.65 Å². The van der Waals surface area contributed by atoms with Crippen LogP contribution >= 0.6 is 0 Å². The third-order valence-electron chi connectivity index (χ3n) is 5.31. The van der Waals surface area contributed by atoms with E-state index in [0.717, 1.165) is 24.9 Å². The third-order valence-corrected chi connectivity index (χ3v) is 5.31. The number of nitrogens with one attached hydrogen (secondary N) is 3. The highest BCUT2D eigenvalue weighted by molar-refractivity contribution is 5.57. The van der Waals surface area contributed by atoms with E-state index in [4.69, 9.17) is 9.98 Å². The lowest BCUT2D eigenvalue weighted by molar-refractivity contribution is 0.386. The number of likely N-dealkylation sites (N-methyl/N-ethyl adjacent to an activating group) is 1. The fourth-order valence-corrected chi connectivity index (χ4v) is 3.59. The van der Waals surface area contributed by atoms with Crippen molar-refractivity contribution < 1.29 is 5.11 Å². The first kappa shape index (κ1) is 20.9. The van der Waals surface area contributed by atoms with Crippen LogP contribution in [0.4, 0.5) is 5.95 Å². The summed E-state index contributed by atoms with van der Waals surface area (Å²) in [6, 6.07) is 10.3. The smallest absolute Gasteiger partial charge is 0.326 e. The Morgan fingerprint density at radius 3 is 2.73 bits per heavy atom. The Balaban J connectivity index is 1.63. The van der Waals surface area contributed by atoms with Crippen molar-refractivity contribution in [3.8, 4) is 5.88 Å². The van der Waals surface area contributed by atoms with E-state index >= 15 is 0 Å². The van der Waals surface area contributed by atoms with Crippen molar-refractivity contribution in [3.63, 3.8) is 0 Å². The Morgan fingerprint density at radius 2 is 2.06 bits per heavy atom. The molecular weight excluding hydrogens is 422 g/mol. The van der Waals surface area contributed by atoms with Gasteiger partial charge in [0.1, 0.15) is 5.69 Å². The molecule has 0 spiro atoms. The zero-order valence-corrected chi connectivity index (χ0v) is 18.4. The van der Waals surface area contributed by atoms with Crippen LogP contribution < -0.4 is 21.8 Å². The number of H-pyrrole nitrogens is 2. The lowest BCUT2D eigenvalue weighted by Crippen LogP contribution is -2.29. The van der Waals surface area contributed by atoms with Gasteiger partial charge in [-0.25, -0.2) is 9.79 Å². The van der Waals surface area contributed by atoms with E-state index in [-0.39, 0.29) is 23.7 Å². The molecule has 0 amide bonds. The summed E-state index contributed by atoms with van der Waals surface area (Å²) >= 11 is 0. The van der Waals surface area contributed by atoms with Gasteiger partial charge in [-0.2, -0.15) is 19.6 Å². The maximum absolute atomic E-state index is 11.5. The summed E-state index contributed by atoms with van der Waals surface area (Å²) in [6.45, 7) is 0.740. The first-order valence-electron chi connectivity index (χ1n) is 10.7. The second-order valence-electron chi connectivity index (χ2n) is 8.40. The van der Waals surface area contributed by atoms with Crippen molar-refractivity contribution >= 4 is 17.7 Å². The SMILES string of the molecule is CN(C)CC(Nc1nc(=NC2CC2)n2ncc(=Cc3[nH]c(=O)[nH]c3O)c2n1)c1ccccc1. The molecule has 1 aromatic carbocycles. The van der Waals surface area contributed by atoms with Crippen molar-refractivity contribution in [2.45, 2.75) is 24.9 Å². The molecule has 1 aliphatic carbocycles. The van der Waals surface area contributed by atoms with Gasteiger partial charge in [-0.1, -0.05) is 30.3 Å². The summed E-state index contributed by atoms with van der Waals surface area (Å²) in [7, 11) is 4.04. The molecular formula is C22H25N9O2. The summed E-state index contributed by atoms with van der Waals surface area (Å²) in [5.74, 6) is 0.185. The molecule has 11 nitrogen and oxygen atoms in total. The van der Waals surface area contributed by atoms with Crippen molar-refractivity contribution in [2.24, 2.45) is 4.99 Å². The molecule has 11 heteroatoms. The van der Waals surface area contributed by atoms with Crippen molar-refractivity contribution in [2.75, 3.05) is 26.0 Å². The largest absolute Gasteiger partial charge is 0.493 e. The molecule has 0 saturated heterocycles. The number of nitrogens with zero attached hydrogens (tertiary/aromatic N) is 6.